The maximum atomic E-state index is 12.5. The molecule has 8 heteroatoms. The van der Waals surface area contributed by atoms with Crippen LogP contribution in [0.5, 0.6) is 11.5 Å². The molecule has 1 aliphatic rings. The number of benzene rings is 1. The van der Waals surface area contributed by atoms with Gasteiger partial charge in [-0.05, 0) is 18.1 Å². The minimum atomic E-state index is -0.802. The molecule has 1 aromatic carbocycles. The van der Waals surface area contributed by atoms with E-state index in [-0.39, 0.29) is 24.3 Å². The van der Waals surface area contributed by atoms with Gasteiger partial charge in [0.15, 0.2) is 16.6 Å². The first-order valence-electron chi connectivity index (χ1n) is 7.94. The molecule has 2 aromatic rings. The van der Waals surface area contributed by atoms with E-state index in [9.17, 15) is 9.59 Å². The lowest BCUT2D eigenvalue weighted by atomic mass is 10.0. The summed E-state index contributed by atoms with van der Waals surface area (Å²) < 4.78 is 11.2. The molecule has 0 radical (unpaired) electrons. The number of carbonyl (C=O) groups is 2. The molecule has 0 fully saturated rings. The topological polar surface area (TPSA) is 89.5 Å². The van der Waals surface area contributed by atoms with Crippen LogP contribution >= 0.6 is 11.3 Å². The molecule has 7 nitrogen and oxygen atoms in total. The second-order valence-corrected chi connectivity index (χ2v) is 6.82. The highest BCUT2D eigenvalue weighted by Gasteiger charge is 2.32. The number of hydrogen-bond acceptors (Lipinski definition) is 6. The number of rotatable bonds is 5. The van der Waals surface area contributed by atoms with Crippen LogP contribution in [0.3, 0.4) is 0 Å². The lowest BCUT2D eigenvalue weighted by Crippen LogP contribution is -2.53. The standard InChI is InChI=1S/C17H19N3O4S/c1-10(2)14(16(22)20-17-18-7-8-25-17)19-15(21)13-9-23-11-5-3-4-6-12(11)24-13/h3-8,10,13-14H,9H2,1-2H3,(H,19,21)(H,18,20,22)/t13-,14-/m1/s1. The molecule has 25 heavy (non-hydrogen) atoms. The molecule has 0 spiro atoms. The minimum Gasteiger partial charge on any atom is -0.485 e. The van der Waals surface area contributed by atoms with Crippen molar-refractivity contribution in [3.05, 3.63) is 35.8 Å². The van der Waals surface area contributed by atoms with Crippen molar-refractivity contribution < 1.29 is 19.1 Å². The summed E-state index contributed by atoms with van der Waals surface area (Å²) in [7, 11) is 0. The Bertz CT molecular complexity index is 748. The number of ether oxygens (including phenoxy) is 2. The number of fused-ring (bicyclic) bond motifs is 1. The van der Waals surface area contributed by atoms with Crippen molar-refractivity contribution in [1.29, 1.82) is 0 Å². The number of carbonyl (C=O) groups excluding carboxylic acids is 2. The zero-order valence-corrected chi connectivity index (χ0v) is 14.7. The molecule has 0 aliphatic carbocycles. The number of nitrogens with one attached hydrogen (secondary N) is 2. The van der Waals surface area contributed by atoms with Gasteiger partial charge in [0.1, 0.15) is 12.6 Å². The van der Waals surface area contributed by atoms with Gasteiger partial charge < -0.3 is 20.1 Å². The lowest BCUT2D eigenvalue weighted by molar-refractivity contribution is -0.134. The Hall–Kier alpha value is -2.61. The molecule has 132 valence electrons. The monoisotopic (exact) mass is 361 g/mol. The van der Waals surface area contributed by atoms with Gasteiger partial charge in [0, 0.05) is 11.6 Å². The van der Waals surface area contributed by atoms with E-state index in [4.69, 9.17) is 9.47 Å². The van der Waals surface area contributed by atoms with Gasteiger partial charge in [-0.2, -0.15) is 0 Å². The lowest BCUT2D eigenvalue weighted by Gasteiger charge is -2.28. The van der Waals surface area contributed by atoms with Gasteiger partial charge in [-0.25, -0.2) is 4.98 Å². The van der Waals surface area contributed by atoms with E-state index in [1.807, 2.05) is 19.9 Å². The van der Waals surface area contributed by atoms with Crippen molar-refractivity contribution in [3.63, 3.8) is 0 Å². The third-order valence-electron chi connectivity index (χ3n) is 3.71. The van der Waals surface area contributed by atoms with E-state index in [0.717, 1.165) is 0 Å². The second kappa shape index (κ2) is 7.52. The zero-order chi connectivity index (χ0) is 17.8. The number of para-hydroxylation sites is 2. The first-order chi connectivity index (χ1) is 12.0. The van der Waals surface area contributed by atoms with Crippen molar-refractivity contribution in [3.8, 4) is 11.5 Å². The maximum Gasteiger partial charge on any atom is 0.265 e. The number of hydrogen-bond donors (Lipinski definition) is 2. The van der Waals surface area contributed by atoms with Gasteiger partial charge in [0.2, 0.25) is 12.0 Å². The fourth-order valence-corrected chi connectivity index (χ4v) is 2.93. The molecule has 2 amide bonds. The van der Waals surface area contributed by atoms with Crippen LogP contribution in [0.4, 0.5) is 5.13 Å². The van der Waals surface area contributed by atoms with Crippen molar-refractivity contribution in [2.75, 3.05) is 11.9 Å². The largest absolute Gasteiger partial charge is 0.485 e. The Morgan fingerprint density at radius 3 is 2.72 bits per heavy atom. The smallest absolute Gasteiger partial charge is 0.265 e. The summed E-state index contributed by atoms with van der Waals surface area (Å²) >= 11 is 1.32. The van der Waals surface area contributed by atoms with Crippen molar-refractivity contribution in [2.24, 2.45) is 5.92 Å². The van der Waals surface area contributed by atoms with Gasteiger partial charge in [-0.15, -0.1) is 11.3 Å². The highest BCUT2D eigenvalue weighted by Crippen LogP contribution is 2.30. The Labute approximate surface area is 149 Å². The molecule has 2 heterocycles. The van der Waals surface area contributed by atoms with Crippen LogP contribution in [0.1, 0.15) is 13.8 Å². The number of amides is 2. The summed E-state index contributed by atoms with van der Waals surface area (Å²) in [6, 6.07) is 6.46. The van der Waals surface area contributed by atoms with Crippen molar-refractivity contribution in [2.45, 2.75) is 26.0 Å². The SMILES string of the molecule is CC(C)[C@@H](NC(=O)[C@H]1COc2ccccc2O1)C(=O)Nc1nccs1. The number of thiazole rings is 1. The normalized spacial score (nSPS) is 17.0. The van der Waals surface area contributed by atoms with Gasteiger partial charge >= 0.3 is 0 Å². The van der Waals surface area contributed by atoms with Crippen LogP contribution in [-0.2, 0) is 9.59 Å². The first-order valence-corrected chi connectivity index (χ1v) is 8.82. The molecular weight excluding hydrogens is 342 g/mol. The molecule has 2 atom stereocenters. The van der Waals surface area contributed by atoms with Crippen LogP contribution in [0.15, 0.2) is 35.8 Å². The fraction of sp³-hybridized carbons (Fsp3) is 0.353. The van der Waals surface area contributed by atoms with Crippen LogP contribution in [0, 0.1) is 5.92 Å². The molecule has 3 rings (SSSR count). The second-order valence-electron chi connectivity index (χ2n) is 5.92. The van der Waals surface area contributed by atoms with Crippen LogP contribution in [0.25, 0.3) is 0 Å². The summed E-state index contributed by atoms with van der Waals surface area (Å²) in [5, 5.41) is 7.72. The number of aromatic nitrogens is 1. The molecular formula is C17H19N3O4S. The Morgan fingerprint density at radius 1 is 1.28 bits per heavy atom. The van der Waals surface area contributed by atoms with Gasteiger partial charge in [-0.1, -0.05) is 26.0 Å². The van der Waals surface area contributed by atoms with Crippen LogP contribution in [0.2, 0.25) is 0 Å². The zero-order valence-electron chi connectivity index (χ0n) is 13.9. The van der Waals surface area contributed by atoms with Gasteiger partial charge in [-0.3, -0.25) is 9.59 Å². The predicted molar refractivity (Wildman–Crippen MR) is 93.9 cm³/mol. The molecule has 2 N–H and O–H groups in total. The number of nitrogens with zero attached hydrogens (tertiary/aromatic N) is 1. The third-order valence-corrected chi connectivity index (χ3v) is 4.40. The first kappa shape index (κ1) is 17.2. The Morgan fingerprint density at radius 2 is 2.04 bits per heavy atom. The molecule has 0 unspecified atom stereocenters. The van der Waals surface area contributed by atoms with Crippen molar-refractivity contribution in [1.82, 2.24) is 10.3 Å². The van der Waals surface area contributed by atoms with E-state index >= 15 is 0 Å². The summed E-state index contributed by atoms with van der Waals surface area (Å²) in [6.45, 7) is 3.82. The van der Waals surface area contributed by atoms with Crippen LogP contribution in [-0.4, -0.2) is 35.6 Å². The van der Waals surface area contributed by atoms with E-state index < -0.39 is 12.1 Å². The van der Waals surface area contributed by atoms with Crippen molar-refractivity contribution >= 4 is 28.3 Å². The van der Waals surface area contributed by atoms with E-state index in [0.29, 0.717) is 16.6 Å². The summed E-state index contributed by atoms with van der Waals surface area (Å²) in [5.41, 5.74) is 0. The average molecular weight is 361 g/mol. The molecule has 1 aliphatic heterocycles. The minimum absolute atomic E-state index is 0.0966. The highest BCUT2D eigenvalue weighted by molar-refractivity contribution is 7.13. The molecule has 0 saturated heterocycles. The Balaban J connectivity index is 1.64. The predicted octanol–water partition coefficient (Wildman–Crippen LogP) is 2.06. The maximum absolute atomic E-state index is 12.5. The third kappa shape index (κ3) is 4.08. The average Bonchev–Trinajstić information content (AvgIpc) is 3.11. The van der Waals surface area contributed by atoms with Crippen LogP contribution < -0.4 is 20.1 Å². The van der Waals surface area contributed by atoms with E-state index in [1.165, 1.54) is 11.3 Å². The molecule has 0 bridgehead atoms. The molecule has 1 aromatic heterocycles. The van der Waals surface area contributed by atoms with Gasteiger partial charge in [0.05, 0.1) is 0 Å². The van der Waals surface area contributed by atoms with E-state index in [1.54, 1.807) is 29.8 Å². The number of anilines is 1. The summed E-state index contributed by atoms with van der Waals surface area (Å²) in [4.78, 5) is 29.0. The summed E-state index contributed by atoms with van der Waals surface area (Å²) in [6.07, 6.45) is 0.803. The molecule has 0 saturated carbocycles. The summed E-state index contributed by atoms with van der Waals surface area (Å²) in [5.74, 6) is 0.328. The Kier molecular flexibility index (Phi) is 5.18. The van der Waals surface area contributed by atoms with E-state index in [2.05, 4.69) is 15.6 Å². The highest BCUT2D eigenvalue weighted by atomic mass is 32.1. The quantitative estimate of drug-likeness (QED) is 0.851. The fourth-order valence-electron chi connectivity index (χ4n) is 2.40. The van der Waals surface area contributed by atoms with Gasteiger partial charge in [0.25, 0.3) is 5.91 Å².